The van der Waals surface area contributed by atoms with Crippen LogP contribution in [0.25, 0.3) is 0 Å². The number of benzene rings is 1. The summed E-state index contributed by atoms with van der Waals surface area (Å²) in [5.74, 6) is 0.204. The predicted molar refractivity (Wildman–Crippen MR) is 82.7 cm³/mol. The molecule has 0 aliphatic carbocycles. The standard InChI is InChI=1S/C17H18N2O3/c1-11-10-15(18-16(20)14-8-9-22-12(14)2)17(21)19(11)13-6-4-3-5-7-13/h3-9,11,15H,10H2,1-2H3,(H,18,20)/t11-,15+/m1/s1. The fourth-order valence-corrected chi connectivity index (χ4v) is 2.88. The van der Waals surface area contributed by atoms with E-state index in [0.29, 0.717) is 17.7 Å². The van der Waals surface area contributed by atoms with E-state index in [2.05, 4.69) is 5.32 Å². The Morgan fingerprint density at radius 2 is 2.00 bits per heavy atom. The van der Waals surface area contributed by atoms with Crippen molar-refractivity contribution >= 4 is 17.5 Å². The summed E-state index contributed by atoms with van der Waals surface area (Å²) in [6.45, 7) is 3.71. The molecule has 2 atom stereocenters. The number of aryl methyl sites for hydroxylation is 1. The van der Waals surface area contributed by atoms with Crippen LogP contribution in [0.2, 0.25) is 0 Å². The molecule has 5 nitrogen and oxygen atoms in total. The lowest BCUT2D eigenvalue weighted by molar-refractivity contribution is -0.118. The maximum Gasteiger partial charge on any atom is 0.255 e. The second kappa shape index (κ2) is 5.67. The molecular weight excluding hydrogens is 280 g/mol. The third kappa shape index (κ3) is 2.50. The van der Waals surface area contributed by atoms with Crippen molar-refractivity contribution in [2.45, 2.75) is 32.4 Å². The Bertz CT molecular complexity index is 693. The van der Waals surface area contributed by atoms with E-state index in [1.165, 1.54) is 6.26 Å². The second-order valence-electron chi connectivity index (χ2n) is 5.55. The zero-order valence-corrected chi connectivity index (χ0v) is 12.6. The van der Waals surface area contributed by atoms with Crippen molar-refractivity contribution in [1.82, 2.24) is 5.32 Å². The van der Waals surface area contributed by atoms with Crippen LogP contribution in [-0.2, 0) is 4.79 Å². The molecule has 1 fully saturated rings. The fraction of sp³-hybridized carbons (Fsp3) is 0.294. The van der Waals surface area contributed by atoms with Gasteiger partial charge in [0.05, 0.1) is 11.8 Å². The monoisotopic (exact) mass is 298 g/mol. The highest BCUT2D eigenvalue weighted by molar-refractivity contribution is 6.04. The predicted octanol–water partition coefficient (Wildman–Crippen LogP) is 2.51. The van der Waals surface area contributed by atoms with E-state index < -0.39 is 6.04 Å². The number of para-hydroxylation sites is 1. The Labute approximate surface area is 128 Å². The highest BCUT2D eigenvalue weighted by atomic mass is 16.3. The molecule has 1 aromatic carbocycles. The van der Waals surface area contributed by atoms with Gasteiger partial charge in [0.15, 0.2) is 0 Å². The molecule has 2 heterocycles. The molecule has 2 amide bonds. The molecule has 0 spiro atoms. The quantitative estimate of drug-likeness (QED) is 0.947. The highest BCUT2D eigenvalue weighted by Gasteiger charge is 2.39. The number of hydrogen-bond acceptors (Lipinski definition) is 3. The van der Waals surface area contributed by atoms with E-state index in [-0.39, 0.29) is 17.9 Å². The van der Waals surface area contributed by atoms with Gasteiger partial charge >= 0.3 is 0 Å². The van der Waals surface area contributed by atoms with E-state index in [0.717, 1.165) is 5.69 Å². The molecule has 1 aliphatic heterocycles. The lowest BCUT2D eigenvalue weighted by Gasteiger charge is -2.21. The largest absolute Gasteiger partial charge is 0.469 e. The smallest absolute Gasteiger partial charge is 0.255 e. The summed E-state index contributed by atoms with van der Waals surface area (Å²) in [6.07, 6.45) is 2.07. The van der Waals surface area contributed by atoms with Crippen LogP contribution in [0.5, 0.6) is 0 Å². The van der Waals surface area contributed by atoms with E-state index in [9.17, 15) is 9.59 Å². The Morgan fingerprint density at radius 1 is 1.27 bits per heavy atom. The molecule has 1 aliphatic rings. The first-order valence-electron chi connectivity index (χ1n) is 7.31. The molecule has 1 N–H and O–H groups in total. The number of furan rings is 1. The minimum atomic E-state index is -0.503. The first-order chi connectivity index (χ1) is 10.6. The highest BCUT2D eigenvalue weighted by Crippen LogP contribution is 2.26. The van der Waals surface area contributed by atoms with E-state index in [1.54, 1.807) is 17.9 Å². The Balaban J connectivity index is 1.76. The molecule has 5 heteroatoms. The van der Waals surface area contributed by atoms with Crippen LogP contribution in [0.1, 0.15) is 29.5 Å². The molecule has 114 valence electrons. The van der Waals surface area contributed by atoms with Gasteiger partial charge in [0, 0.05) is 11.7 Å². The van der Waals surface area contributed by atoms with Crippen LogP contribution in [0.4, 0.5) is 5.69 Å². The molecule has 3 rings (SSSR count). The van der Waals surface area contributed by atoms with Crippen molar-refractivity contribution in [3.63, 3.8) is 0 Å². The molecule has 0 saturated carbocycles. The lowest BCUT2D eigenvalue weighted by Crippen LogP contribution is -2.42. The number of anilines is 1. The van der Waals surface area contributed by atoms with Crippen molar-refractivity contribution in [1.29, 1.82) is 0 Å². The van der Waals surface area contributed by atoms with Gasteiger partial charge in [0.25, 0.3) is 5.91 Å². The molecule has 0 unspecified atom stereocenters. The van der Waals surface area contributed by atoms with Crippen LogP contribution < -0.4 is 10.2 Å². The summed E-state index contributed by atoms with van der Waals surface area (Å²) in [6, 6.07) is 10.7. The minimum Gasteiger partial charge on any atom is -0.469 e. The first-order valence-corrected chi connectivity index (χ1v) is 7.31. The summed E-state index contributed by atoms with van der Waals surface area (Å²) in [4.78, 5) is 26.6. The zero-order valence-electron chi connectivity index (χ0n) is 12.6. The number of nitrogens with one attached hydrogen (secondary N) is 1. The number of carbonyl (C=O) groups is 2. The van der Waals surface area contributed by atoms with Crippen LogP contribution in [0.3, 0.4) is 0 Å². The molecule has 1 saturated heterocycles. The van der Waals surface area contributed by atoms with Crippen molar-refractivity contribution < 1.29 is 14.0 Å². The average Bonchev–Trinajstić information content (AvgIpc) is 3.04. The van der Waals surface area contributed by atoms with Crippen LogP contribution >= 0.6 is 0 Å². The zero-order chi connectivity index (χ0) is 15.7. The SMILES string of the molecule is Cc1occc1C(=O)N[C@H]1C[C@@H](C)N(c2ccccc2)C1=O. The second-order valence-corrected chi connectivity index (χ2v) is 5.55. The number of rotatable bonds is 3. The van der Waals surface area contributed by atoms with Crippen LogP contribution in [-0.4, -0.2) is 23.9 Å². The number of carbonyl (C=O) groups excluding carboxylic acids is 2. The van der Waals surface area contributed by atoms with E-state index in [4.69, 9.17) is 4.42 Å². The summed E-state index contributed by atoms with van der Waals surface area (Å²) in [7, 11) is 0. The summed E-state index contributed by atoms with van der Waals surface area (Å²) in [5.41, 5.74) is 1.33. The Morgan fingerprint density at radius 3 is 2.64 bits per heavy atom. The minimum absolute atomic E-state index is 0.0469. The van der Waals surface area contributed by atoms with Crippen LogP contribution in [0, 0.1) is 6.92 Å². The Kier molecular flexibility index (Phi) is 3.71. The summed E-state index contributed by atoms with van der Waals surface area (Å²) >= 11 is 0. The van der Waals surface area contributed by atoms with Crippen molar-refractivity contribution in [2.24, 2.45) is 0 Å². The van der Waals surface area contributed by atoms with Gasteiger partial charge in [-0.25, -0.2) is 0 Å². The lowest BCUT2D eigenvalue weighted by atomic mass is 10.1. The molecule has 0 bridgehead atoms. The number of hydrogen-bond donors (Lipinski definition) is 1. The maximum absolute atomic E-state index is 12.6. The van der Waals surface area contributed by atoms with Crippen molar-refractivity contribution in [3.8, 4) is 0 Å². The Hall–Kier alpha value is -2.56. The van der Waals surface area contributed by atoms with Gasteiger partial charge in [-0.3, -0.25) is 9.59 Å². The molecular formula is C17H18N2O3. The molecule has 1 aromatic heterocycles. The van der Waals surface area contributed by atoms with Gasteiger partial charge in [-0.1, -0.05) is 18.2 Å². The first kappa shape index (κ1) is 14.4. The third-order valence-electron chi connectivity index (χ3n) is 4.00. The fourth-order valence-electron chi connectivity index (χ4n) is 2.88. The van der Waals surface area contributed by atoms with Crippen LogP contribution in [0.15, 0.2) is 47.1 Å². The van der Waals surface area contributed by atoms with Gasteiger partial charge in [0.1, 0.15) is 11.8 Å². The van der Waals surface area contributed by atoms with Crippen molar-refractivity contribution in [3.05, 3.63) is 54.0 Å². The van der Waals surface area contributed by atoms with Gasteiger partial charge in [-0.05, 0) is 38.5 Å². The van der Waals surface area contributed by atoms with Gasteiger partial charge < -0.3 is 14.6 Å². The van der Waals surface area contributed by atoms with Gasteiger partial charge in [-0.15, -0.1) is 0 Å². The number of amides is 2. The molecule has 2 aromatic rings. The van der Waals surface area contributed by atoms with E-state index in [1.807, 2.05) is 37.3 Å². The summed E-state index contributed by atoms with van der Waals surface area (Å²) in [5, 5.41) is 2.81. The molecule has 0 radical (unpaired) electrons. The summed E-state index contributed by atoms with van der Waals surface area (Å²) < 4.78 is 5.13. The normalized spacial score (nSPS) is 21.2. The van der Waals surface area contributed by atoms with E-state index >= 15 is 0 Å². The molecule has 22 heavy (non-hydrogen) atoms. The topological polar surface area (TPSA) is 62.6 Å². The van der Waals surface area contributed by atoms with Gasteiger partial charge in [0.2, 0.25) is 5.91 Å². The van der Waals surface area contributed by atoms with Crippen molar-refractivity contribution in [2.75, 3.05) is 4.90 Å². The van der Waals surface area contributed by atoms with Gasteiger partial charge in [-0.2, -0.15) is 0 Å². The third-order valence-corrected chi connectivity index (χ3v) is 4.00. The average molecular weight is 298 g/mol. The maximum atomic E-state index is 12.6. The number of nitrogens with zero attached hydrogens (tertiary/aromatic N) is 1.